The molecule has 3 heterocycles. The van der Waals surface area contributed by atoms with Crippen LogP contribution in [-0.2, 0) is 16.1 Å². The van der Waals surface area contributed by atoms with Crippen molar-refractivity contribution in [3.63, 3.8) is 0 Å². The van der Waals surface area contributed by atoms with Gasteiger partial charge in [-0.2, -0.15) is 0 Å². The Labute approximate surface area is 163 Å². The predicted octanol–water partition coefficient (Wildman–Crippen LogP) is 0.272. The molecule has 4 rings (SSSR count). The van der Waals surface area contributed by atoms with Crippen LogP contribution >= 0.6 is 0 Å². The highest BCUT2D eigenvalue weighted by Crippen LogP contribution is 2.30. The Morgan fingerprint density at radius 1 is 1.14 bits per heavy atom. The number of nitrogens with zero attached hydrogens (tertiary/aromatic N) is 2. The number of likely N-dealkylation sites (N-methyl/N-ethyl adjacent to an activating group) is 1. The number of carbonyl (C=O) groups is 4. The standard InChI is InChI=1S/C20H24N4O4/c1-23(11-13-5-3-9-21-13)10-12-4-2-6-14-17(12)20(28)24(19(14)27)15-7-8-16(25)22-18(15)26/h2,4,6,13,15,21H,3,5,7-11H2,1H3,(H,22,25,26). The molecule has 0 saturated carbocycles. The van der Waals surface area contributed by atoms with Crippen LogP contribution in [-0.4, -0.2) is 65.6 Å². The fourth-order valence-corrected chi connectivity index (χ4v) is 4.36. The van der Waals surface area contributed by atoms with Gasteiger partial charge in [0.25, 0.3) is 11.8 Å². The second-order valence-corrected chi connectivity index (χ2v) is 7.78. The fourth-order valence-electron chi connectivity index (χ4n) is 4.36. The van der Waals surface area contributed by atoms with Gasteiger partial charge >= 0.3 is 0 Å². The number of amides is 4. The molecule has 2 atom stereocenters. The second kappa shape index (κ2) is 7.44. The molecular formula is C20H24N4O4. The molecule has 8 heteroatoms. The Bertz CT molecular complexity index is 847. The average Bonchev–Trinajstić information content (AvgIpc) is 3.24. The lowest BCUT2D eigenvalue weighted by Crippen LogP contribution is -2.54. The third-order valence-electron chi connectivity index (χ3n) is 5.69. The fraction of sp³-hybridized carbons (Fsp3) is 0.500. The van der Waals surface area contributed by atoms with E-state index in [1.165, 1.54) is 6.42 Å². The van der Waals surface area contributed by atoms with Crippen LogP contribution in [0.2, 0.25) is 0 Å². The molecule has 1 aromatic rings. The van der Waals surface area contributed by atoms with Crippen LogP contribution < -0.4 is 10.6 Å². The Hall–Kier alpha value is -2.58. The van der Waals surface area contributed by atoms with Crippen molar-refractivity contribution < 1.29 is 19.2 Å². The van der Waals surface area contributed by atoms with E-state index in [1.54, 1.807) is 12.1 Å². The summed E-state index contributed by atoms with van der Waals surface area (Å²) >= 11 is 0. The summed E-state index contributed by atoms with van der Waals surface area (Å²) in [6, 6.07) is 4.77. The van der Waals surface area contributed by atoms with Crippen LogP contribution in [0, 0.1) is 0 Å². The highest BCUT2D eigenvalue weighted by atomic mass is 16.2. The summed E-state index contributed by atoms with van der Waals surface area (Å²) in [4.78, 5) is 52.7. The number of hydrogen-bond donors (Lipinski definition) is 2. The molecule has 28 heavy (non-hydrogen) atoms. The normalized spacial score (nSPS) is 24.9. The van der Waals surface area contributed by atoms with E-state index < -0.39 is 23.8 Å². The summed E-state index contributed by atoms with van der Waals surface area (Å²) in [5.41, 5.74) is 1.49. The van der Waals surface area contributed by atoms with Crippen molar-refractivity contribution in [2.24, 2.45) is 0 Å². The summed E-state index contributed by atoms with van der Waals surface area (Å²) < 4.78 is 0. The third-order valence-corrected chi connectivity index (χ3v) is 5.69. The molecule has 2 unspecified atom stereocenters. The number of hydrogen-bond acceptors (Lipinski definition) is 6. The zero-order valence-electron chi connectivity index (χ0n) is 15.9. The van der Waals surface area contributed by atoms with Crippen LogP contribution in [0.3, 0.4) is 0 Å². The Kier molecular flexibility index (Phi) is 4.99. The second-order valence-electron chi connectivity index (χ2n) is 7.78. The molecule has 148 valence electrons. The molecular weight excluding hydrogens is 360 g/mol. The van der Waals surface area contributed by atoms with Crippen molar-refractivity contribution >= 4 is 23.6 Å². The lowest BCUT2D eigenvalue weighted by atomic mass is 10.0. The third kappa shape index (κ3) is 3.33. The van der Waals surface area contributed by atoms with Gasteiger partial charge in [0.1, 0.15) is 6.04 Å². The molecule has 4 amide bonds. The molecule has 2 saturated heterocycles. The van der Waals surface area contributed by atoms with Gasteiger partial charge in [-0.1, -0.05) is 12.1 Å². The number of rotatable bonds is 5. The van der Waals surface area contributed by atoms with Crippen LogP contribution in [0.1, 0.15) is 52.0 Å². The number of fused-ring (bicyclic) bond motifs is 1. The minimum Gasteiger partial charge on any atom is -0.313 e. The van der Waals surface area contributed by atoms with E-state index in [9.17, 15) is 19.2 Å². The van der Waals surface area contributed by atoms with Crippen molar-refractivity contribution in [1.29, 1.82) is 0 Å². The van der Waals surface area contributed by atoms with Crippen molar-refractivity contribution in [3.05, 3.63) is 34.9 Å². The maximum absolute atomic E-state index is 13.1. The van der Waals surface area contributed by atoms with Gasteiger partial charge in [-0.15, -0.1) is 0 Å². The van der Waals surface area contributed by atoms with E-state index in [0.29, 0.717) is 23.7 Å². The molecule has 0 spiro atoms. The first-order chi connectivity index (χ1) is 13.5. The molecule has 2 fully saturated rings. The van der Waals surface area contributed by atoms with Crippen LogP contribution in [0.4, 0.5) is 0 Å². The predicted molar refractivity (Wildman–Crippen MR) is 100 cm³/mol. The first-order valence-corrected chi connectivity index (χ1v) is 9.71. The quantitative estimate of drug-likeness (QED) is 0.707. The van der Waals surface area contributed by atoms with Crippen molar-refractivity contribution in [3.8, 4) is 0 Å². The van der Waals surface area contributed by atoms with Crippen LogP contribution in [0.25, 0.3) is 0 Å². The van der Waals surface area contributed by atoms with E-state index in [2.05, 4.69) is 15.5 Å². The summed E-state index contributed by atoms with van der Waals surface area (Å²) in [7, 11) is 2.00. The van der Waals surface area contributed by atoms with Gasteiger partial charge in [0.05, 0.1) is 11.1 Å². The molecule has 8 nitrogen and oxygen atoms in total. The Balaban J connectivity index is 1.55. The largest absolute Gasteiger partial charge is 0.313 e. The molecule has 0 aromatic heterocycles. The van der Waals surface area contributed by atoms with Crippen molar-refractivity contribution in [1.82, 2.24) is 20.4 Å². The van der Waals surface area contributed by atoms with Gasteiger partial charge in [-0.25, -0.2) is 0 Å². The molecule has 3 aliphatic heterocycles. The smallest absolute Gasteiger partial charge is 0.262 e. The van der Waals surface area contributed by atoms with Crippen LogP contribution in [0.15, 0.2) is 18.2 Å². The topological polar surface area (TPSA) is 98.8 Å². The van der Waals surface area contributed by atoms with Crippen LogP contribution in [0.5, 0.6) is 0 Å². The van der Waals surface area contributed by atoms with Gasteiger partial charge in [-0.05, 0) is 44.5 Å². The minimum atomic E-state index is -0.932. The van der Waals surface area contributed by atoms with E-state index >= 15 is 0 Å². The monoisotopic (exact) mass is 384 g/mol. The highest BCUT2D eigenvalue weighted by molar-refractivity contribution is 6.24. The molecule has 1 aromatic carbocycles. The Morgan fingerprint density at radius 3 is 2.68 bits per heavy atom. The zero-order chi connectivity index (χ0) is 19.8. The number of nitrogens with one attached hydrogen (secondary N) is 2. The number of benzene rings is 1. The zero-order valence-corrected chi connectivity index (χ0v) is 15.9. The SMILES string of the molecule is CN(Cc1cccc2c1C(=O)N(C1CCC(=O)NC1=O)C2=O)CC1CCCN1. The van der Waals surface area contributed by atoms with Gasteiger partial charge < -0.3 is 10.2 Å². The first-order valence-electron chi connectivity index (χ1n) is 9.71. The molecule has 2 N–H and O–H groups in total. The minimum absolute atomic E-state index is 0.119. The van der Waals surface area contributed by atoms with E-state index in [-0.39, 0.29) is 18.7 Å². The number of piperidine rings is 1. The highest BCUT2D eigenvalue weighted by Gasteiger charge is 2.45. The molecule has 0 bridgehead atoms. The lowest BCUT2D eigenvalue weighted by molar-refractivity contribution is -0.136. The first kappa shape index (κ1) is 18.8. The lowest BCUT2D eigenvalue weighted by Gasteiger charge is -2.28. The van der Waals surface area contributed by atoms with Gasteiger partial charge in [0, 0.05) is 25.6 Å². The van der Waals surface area contributed by atoms with E-state index in [4.69, 9.17) is 0 Å². The summed E-state index contributed by atoms with van der Waals surface area (Å²) in [6.07, 6.45) is 2.59. The number of carbonyl (C=O) groups excluding carboxylic acids is 4. The maximum atomic E-state index is 13.1. The molecule has 3 aliphatic rings. The van der Waals surface area contributed by atoms with Crippen molar-refractivity contribution in [2.45, 2.75) is 44.3 Å². The summed E-state index contributed by atoms with van der Waals surface area (Å²) in [5, 5.41) is 5.68. The van der Waals surface area contributed by atoms with E-state index in [0.717, 1.165) is 30.0 Å². The molecule has 0 aliphatic carbocycles. The maximum Gasteiger partial charge on any atom is 0.262 e. The van der Waals surface area contributed by atoms with Crippen molar-refractivity contribution in [2.75, 3.05) is 20.1 Å². The molecule has 0 radical (unpaired) electrons. The van der Waals surface area contributed by atoms with E-state index in [1.807, 2.05) is 13.1 Å². The van der Waals surface area contributed by atoms with Gasteiger partial charge in [0.2, 0.25) is 11.8 Å². The number of imide groups is 2. The van der Waals surface area contributed by atoms with Gasteiger partial charge in [0.15, 0.2) is 0 Å². The summed E-state index contributed by atoms with van der Waals surface area (Å²) in [5.74, 6) is -1.87. The average molecular weight is 384 g/mol. The van der Waals surface area contributed by atoms with Gasteiger partial charge in [-0.3, -0.25) is 29.4 Å². The Morgan fingerprint density at radius 2 is 1.96 bits per heavy atom. The summed E-state index contributed by atoms with van der Waals surface area (Å²) in [6.45, 7) is 2.44.